The first-order valence-corrected chi connectivity index (χ1v) is 6.92. The topological polar surface area (TPSA) is 78.9 Å². The van der Waals surface area contributed by atoms with Gasteiger partial charge in [-0.15, -0.1) is 0 Å². The summed E-state index contributed by atoms with van der Waals surface area (Å²) < 4.78 is 5.17. The number of benzene rings is 1. The predicted octanol–water partition coefficient (Wildman–Crippen LogP) is 1.43. The fourth-order valence-electron chi connectivity index (χ4n) is 2.73. The lowest BCUT2D eigenvalue weighted by Crippen LogP contribution is -2.43. The normalized spacial score (nSPS) is 22.0. The average Bonchev–Trinajstić information content (AvgIpc) is 2.80. The number of para-hydroxylation sites is 2. The zero-order chi connectivity index (χ0) is 15.4. The third-order valence-electron chi connectivity index (χ3n) is 3.78. The van der Waals surface area contributed by atoms with Gasteiger partial charge in [-0.3, -0.25) is 14.5 Å². The summed E-state index contributed by atoms with van der Waals surface area (Å²) in [5, 5.41) is 12.0. The van der Waals surface area contributed by atoms with Crippen LogP contribution >= 0.6 is 0 Å². The number of aliphatic carboxylic acids is 1. The molecule has 0 saturated carbocycles. The number of hydrogen-bond acceptors (Lipinski definition) is 4. The molecule has 2 N–H and O–H groups in total. The maximum atomic E-state index is 12.1. The van der Waals surface area contributed by atoms with Crippen molar-refractivity contribution in [2.45, 2.75) is 19.4 Å². The van der Waals surface area contributed by atoms with Gasteiger partial charge in [0.2, 0.25) is 5.91 Å². The average molecular weight is 292 g/mol. The number of methoxy groups -OCH3 is 1. The van der Waals surface area contributed by atoms with E-state index in [1.165, 1.54) is 7.11 Å². The van der Waals surface area contributed by atoms with Gasteiger partial charge in [0.25, 0.3) is 0 Å². The van der Waals surface area contributed by atoms with Crippen LogP contribution in [-0.4, -0.2) is 48.1 Å². The van der Waals surface area contributed by atoms with E-state index < -0.39 is 12.0 Å². The first kappa shape index (κ1) is 15.3. The van der Waals surface area contributed by atoms with Gasteiger partial charge in [-0.2, -0.15) is 0 Å². The Morgan fingerprint density at radius 3 is 2.81 bits per heavy atom. The van der Waals surface area contributed by atoms with Gasteiger partial charge >= 0.3 is 5.97 Å². The molecule has 1 aromatic rings. The maximum absolute atomic E-state index is 12.1. The third-order valence-corrected chi connectivity index (χ3v) is 3.78. The number of carboxylic acid groups (broad SMARTS) is 1. The van der Waals surface area contributed by atoms with E-state index in [4.69, 9.17) is 4.74 Å². The number of rotatable bonds is 5. The molecule has 0 aliphatic carbocycles. The lowest BCUT2D eigenvalue weighted by Gasteiger charge is -2.22. The van der Waals surface area contributed by atoms with Crippen molar-refractivity contribution in [1.29, 1.82) is 0 Å². The molecule has 0 bridgehead atoms. The van der Waals surface area contributed by atoms with Gasteiger partial charge in [0, 0.05) is 0 Å². The molecule has 0 spiro atoms. The molecular weight excluding hydrogens is 272 g/mol. The number of carboxylic acids is 1. The van der Waals surface area contributed by atoms with Gasteiger partial charge in [0.15, 0.2) is 0 Å². The minimum Gasteiger partial charge on any atom is -0.495 e. The summed E-state index contributed by atoms with van der Waals surface area (Å²) in [6.45, 7) is 2.59. The lowest BCUT2D eigenvalue weighted by atomic mass is 10.0. The summed E-state index contributed by atoms with van der Waals surface area (Å²) >= 11 is 0. The quantitative estimate of drug-likeness (QED) is 0.858. The highest BCUT2D eigenvalue weighted by molar-refractivity contribution is 5.94. The molecule has 1 aliphatic heterocycles. The number of hydrogen-bond donors (Lipinski definition) is 2. The van der Waals surface area contributed by atoms with Crippen LogP contribution in [0.3, 0.4) is 0 Å². The minimum absolute atomic E-state index is 0.0570. The Bertz CT molecular complexity index is 532. The fraction of sp³-hybridized carbons (Fsp3) is 0.467. The molecule has 6 heteroatoms. The standard InChI is InChI=1S/C15H20N2O4/c1-10-7-8-17(14(10)15(19)20)9-13(18)16-11-5-3-4-6-12(11)21-2/h3-6,10,14H,7-9H2,1-2H3,(H,16,18)(H,19,20). The predicted molar refractivity (Wildman–Crippen MR) is 78.4 cm³/mol. The number of amides is 1. The third kappa shape index (κ3) is 3.52. The Morgan fingerprint density at radius 1 is 1.43 bits per heavy atom. The van der Waals surface area contributed by atoms with Crippen LogP contribution in [0.15, 0.2) is 24.3 Å². The number of nitrogens with zero attached hydrogens (tertiary/aromatic N) is 1. The van der Waals surface area contributed by atoms with Crippen molar-refractivity contribution < 1.29 is 19.4 Å². The van der Waals surface area contributed by atoms with Gasteiger partial charge in [0.1, 0.15) is 11.8 Å². The smallest absolute Gasteiger partial charge is 0.321 e. The molecular formula is C15H20N2O4. The van der Waals surface area contributed by atoms with Crippen molar-refractivity contribution in [1.82, 2.24) is 4.90 Å². The number of carbonyl (C=O) groups is 2. The van der Waals surface area contributed by atoms with Crippen molar-refractivity contribution in [3.63, 3.8) is 0 Å². The molecule has 2 rings (SSSR count). The van der Waals surface area contributed by atoms with Gasteiger partial charge in [-0.1, -0.05) is 19.1 Å². The first-order valence-electron chi connectivity index (χ1n) is 6.92. The van der Waals surface area contributed by atoms with E-state index in [-0.39, 0.29) is 18.4 Å². The second-order valence-electron chi connectivity index (χ2n) is 5.27. The van der Waals surface area contributed by atoms with Crippen molar-refractivity contribution in [2.75, 3.05) is 25.5 Å². The summed E-state index contributed by atoms with van der Waals surface area (Å²) in [5.74, 6) is -0.470. The van der Waals surface area contributed by atoms with E-state index >= 15 is 0 Å². The molecule has 0 radical (unpaired) electrons. The second kappa shape index (κ2) is 6.58. The number of ether oxygens (including phenoxy) is 1. The van der Waals surface area contributed by atoms with E-state index in [2.05, 4.69) is 5.32 Å². The molecule has 114 valence electrons. The number of anilines is 1. The SMILES string of the molecule is COc1ccccc1NC(=O)CN1CCC(C)C1C(=O)O. The summed E-state index contributed by atoms with van der Waals surface area (Å²) in [7, 11) is 1.54. The molecule has 1 aromatic carbocycles. The lowest BCUT2D eigenvalue weighted by molar-refractivity contribution is -0.143. The second-order valence-corrected chi connectivity index (χ2v) is 5.27. The molecule has 1 heterocycles. The summed E-state index contributed by atoms with van der Waals surface area (Å²) in [6, 6.07) is 6.53. The van der Waals surface area contributed by atoms with Crippen LogP contribution in [0.1, 0.15) is 13.3 Å². The molecule has 1 aliphatic rings. The van der Waals surface area contributed by atoms with Crippen LogP contribution in [0, 0.1) is 5.92 Å². The van der Waals surface area contributed by atoms with E-state index in [1.807, 2.05) is 13.0 Å². The van der Waals surface area contributed by atoms with Crippen LogP contribution in [0.5, 0.6) is 5.75 Å². The Hall–Kier alpha value is -2.08. The Morgan fingerprint density at radius 2 is 2.14 bits per heavy atom. The first-order chi connectivity index (χ1) is 10.0. The van der Waals surface area contributed by atoms with Crippen molar-refractivity contribution in [3.05, 3.63) is 24.3 Å². The van der Waals surface area contributed by atoms with E-state index in [1.54, 1.807) is 23.1 Å². The van der Waals surface area contributed by atoms with Gasteiger partial charge in [-0.25, -0.2) is 0 Å². The maximum Gasteiger partial charge on any atom is 0.321 e. The Kier molecular flexibility index (Phi) is 4.80. The van der Waals surface area contributed by atoms with Crippen LogP contribution in [0.2, 0.25) is 0 Å². The van der Waals surface area contributed by atoms with Crippen molar-refractivity contribution in [3.8, 4) is 5.75 Å². The molecule has 21 heavy (non-hydrogen) atoms. The number of carbonyl (C=O) groups excluding carboxylic acids is 1. The van der Waals surface area contributed by atoms with Gasteiger partial charge in [0.05, 0.1) is 19.3 Å². The minimum atomic E-state index is -0.870. The number of likely N-dealkylation sites (tertiary alicyclic amines) is 1. The molecule has 1 saturated heterocycles. The summed E-state index contributed by atoms with van der Waals surface area (Å²) in [6.07, 6.45) is 0.791. The molecule has 0 aromatic heterocycles. The largest absolute Gasteiger partial charge is 0.495 e. The zero-order valence-corrected chi connectivity index (χ0v) is 12.2. The fourth-order valence-corrected chi connectivity index (χ4v) is 2.73. The molecule has 6 nitrogen and oxygen atoms in total. The van der Waals surface area contributed by atoms with Gasteiger partial charge < -0.3 is 15.2 Å². The van der Waals surface area contributed by atoms with Crippen LogP contribution in [-0.2, 0) is 9.59 Å². The van der Waals surface area contributed by atoms with Crippen molar-refractivity contribution in [2.24, 2.45) is 5.92 Å². The molecule has 1 amide bonds. The highest BCUT2D eigenvalue weighted by atomic mass is 16.5. The van der Waals surface area contributed by atoms with Crippen LogP contribution in [0.25, 0.3) is 0 Å². The Labute approximate surface area is 123 Å². The van der Waals surface area contributed by atoms with E-state index in [0.717, 1.165) is 6.42 Å². The highest BCUT2D eigenvalue weighted by Gasteiger charge is 2.37. The summed E-state index contributed by atoms with van der Waals surface area (Å²) in [5.41, 5.74) is 0.587. The number of nitrogens with one attached hydrogen (secondary N) is 1. The molecule has 2 atom stereocenters. The highest BCUT2D eigenvalue weighted by Crippen LogP contribution is 2.25. The van der Waals surface area contributed by atoms with E-state index in [0.29, 0.717) is 18.0 Å². The Balaban J connectivity index is 2.00. The van der Waals surface area contributed by atoms with Gasteiger partial charge in [-0.05, 0) is 31.0 Å². The summed E-state index contributed by atoms with van der Waals surface area (Å²) in [4.78, 5) is 25.1. The van der Waals surface area contributed by atoms with Crippen LogP contribution in [0.4, 0.5) is 5.69 Å². The van der Waals surface area contributed by atoms with Crippen LogP contribution < -0.4 is 10.1 Å². The van der Waals surface area contributed by atoms with Crippen molar-refractivity contribution >= 4 is 17.6 Å². The van der Waals surface area contributed by atoms with E-state index in [9.17, 15) is 14.7 Å². The molecule has 1 fully saturated rings. The molecule has 2 unspecified atom stereocenters. The zero-order valence-electron chi connectivity index (χ0n) is 12.2. The monoisotopic (exact) mass is 292 g/mol.